The van der Waals surface area contributed by atoms with Crippen LogP contribution in [0.3, 0.4) is 0 Å². The number of alkyl halides is 2. The van der Waals surface area contributed by atoms with Crippen molar-refractivity contribution in [2.45, 2.75) is 22.5 Å². The predicted molar refractivity (Wildman–Crippen MR) is 133 cm³/mol. The van der Waals surface area contributed by atoms with Gasteiger partial charge in [-0.05, 0) is 37.1 Å². The Kier molecular flexibility index (Phi) is 7.39. The van der Waals surface area contributed by atoms with Crippen LogP contribution in [0.15, 0.2) is 48.5 Å². The Morgan fingerprint density at radius 1 is 1.00 bits per heavy atom. The van der Waals surface area contributed by atoms with Crippen molar-refractivity contribution in [1.29, 1.82) is 0 Å². The molecule has 1 saturated carbocycles. The normalized spacial score (nSPS) is 23.7. The van der Waals surface area contributed by atoms with Gasteiger partial charge in [0.05, 0.1) is 27.3 Å². The second kappa shape index (κ2) is 10.2. The number of halogens is 3. The summed E-state index contributed by atoms with van der Waals surface area (Å²) in [4.78, 5) is 63.6. The molecule has 0 bridgehead atoms. The fourth-order valence-corrected chi connectivity index (χ4v) is 5.77. The van der Waals surface area contributed by atoms with Crippen molar-refractivity contribution in [3.8, 4) is 0 Å². The monoisotopic (exact) mass is 625 g/mol. The van der Waals surface area contributed by atoms with Crippen LogP contribution in [-0.2, 0) is 9.59 Å². The molecule has 0 N–H and O–H groups in total. The number of carbonyl (C=O) groups is 4. The molecular formula is C23H18Br2ClN3O6. The van der Waals surface area contributed by atoms with Crippen LogP contribution in [-0.4, -0.2) is 54.6 Å². The molecule has 3 amide bonds. The number of nitro benzene ring substituents is 1. The number of benzene rings is 2. The summed E-state index contributed by atoms with van der Waals surface area (Å²) in [6, 6.07) is 11.0. The lowest BCUT2D eigenvalue weighted by atomic mass is 9.81. The Morgan fingerprint density at radius 2 is 1.54 bits per heavy atom. The minimum Gasteiger partial charge on any atom is -0.292 e. The van der Waals surface area contributed by atoms with Crippen molar-refractivity contribution in [2.24, 2.45) is 11.8 Å². The minimum absolute atomic E-state index is 0.0258. The third-order valence-corrected chi connectivity index (χ3v) is 9.22. The van der Waals surface area contributed by atoms with Gasteiger partial charge in [-0.2, -0.15) is 5.01 Å². The quantitative estimate of drug-likeness (QED) is 0.154. The number of carbonyl (C=O) groups excluding carboxylic acids is 4. The maximum atomic E-state index is 13.5. The number of hydrazine groups is 1. The number of imide groups is 1. The van der Waals surface area contributed by atoms with Gasteiger partial charge in [0.25, 0.3) is 23.4 Å². The van der Waals surface area contributed by atoms with E-state index in [-0.39, 0.29) is 31.5 Å². The van der Waals surface area contributed by atoms with E-state index in [1.165, 1.54) is 36.4 Å². The number of non-ortho nitro benzene ring substituents is 1. The van der Waals surface area contributed by atoms with Gasteiger partial charge in [0.2, 0.25) is 0 Å². The Balaban J connectivity index is 1.69. The first-order chi connectivity index (χ1) is 16.6. The predicted octanol–water partition coefficient (Wildman–Crippen LogP) is 4.41. The maximum Gasteiger partial charge on any atom is 0.274 e. The number of Topliss-reactive ketones (excluding diaryl/α,β-unsaturated/α-hetero) is 1. The fraction of sp³-hybridized carbons (Fsp3) is 0.304. The largest absolute Gasteiger partial charge is 0.292 e. The summed E-state index contributed by atoms with van der Waals surface area (Å²) in [5.74, 6) is -3.75. The van der Waals surface area contributed by atoms with Crippen LogP contribution in [0.1, 0.15) is 33.6 Å². The van der Waals surface area contributed by atoms with Crippen molar-refractivity contribution >= 4 is 72.7 Å². The molecule has 35 heavy (non-hydrogen) atoms. The molecule has 4 atom stereocenters. The molecular weight excluding hydrogens is 610 g/mol. The first-order valence-electron chi connectivity index (χ1n) is 10.6. The van der Waals surface area contributed by atoms with Crippen LogP contribution >= 0.6 is 43.5 Å². The minimum atomic E-state index is -0.781. The van der Waals surface area contributed by atoms with Crippen LogP contribution < -0.4 is 0 Å². The second-order valence-corrected chi connectivity index (χ2v) is 11.0. The number of amides is 3. The lowest BCUT2D eigenvalue weighted by Crippen LogP contribution is -2.52. The van der Waals surface area contributed by atoms with Gasteiger partial charge in [0.1, 0.15) is 6.54 Å². The maximum absolute atomic E-state index is 13.5. The number of hydrogen-bond donors (Lipinski definition) is 0. The molecule has 2 aromatic carbocycles. The van der Waals surface area contributed by atoms with Crippen LogP contribution in [0.5, 0.6) is 0 Å². The van der Waals surface area contributed by atoms with Crippen LogP contribution in [0.2, 0.25) is 5.02 Å². The van der Waals surface area contributed by atoms with Crippen molar-refractivity contribution in [2.75, 3.05) is 6.54 Å². The van der Waals surface area contributed by atoms with E-state index in [1.807, 2.05) is 0 Å². The highest BCUT2D eigenvalue weighted by Crippen LogP contribution is 2.43. The third kappa shape index (κ3) is 4.89. The van der Waals surface area contributed by atoms with E-state index in [1.54, 1.807) is 12.1 Å². The smallest absolute Gasteiger partial charge is 0.274 e. The van der Waals surface area contributed by atoms with Gasteiger partial charge in [0, 0.05) is 27.4 Å². The average molecular weight is 628 g/mol. The molecule has 0 unspecified atom stereocenters. The van der Waals surface area contributed by atoms with Crippen molar-refractivity contribution in [1.82, 2.24) is 10.0 Å². The summed E-state index contributed by atoms with van der Waals surface area (Å²) in [5.41, 5.74) is -0.0869. The molecule has 4 rings (SSSR count). The molecule has 12 heteroatoms. The van der Waals surface area contributed by atoms with E-state index in [2.05, 4.69) is 31.9 Å². The molecule has 182 valence electrons. The van der Waals surface area contributed by atoms with Crippen molar-refractivity contribution < 1.29 is 24.1 Å². The zero-order valence-corrected chi connectivity index (χ0v) is 21.9. The Labute approximate surface area is 221 Å². The molecule has 2 aromatic rings. The van der Waals surface area contributed by atoms with Crippen LogP contribution in [0.25, 0.3) is 0 Å². The summed E-state index contributed by atoms with van der Waals surface area (Å²) >= 11 is 13.3. The third-order valence-electron chi connectivity index (χ3n) is 6.16. The van der Waals surface area contributed by atoms with Crippen molar-refractivity contribution in [3.63, 3.8) is 0 Å². The van der Waals surface area contributed by atoms with E-state index < -0.39 is 46.8 Å². The molecule has 1 aliphatic carbocycles. The molecule has 0 aromatic heterocycles. The Morgan fingerprint density at radius 3 is 2.06 bits per heavy atom. The van der Waals surface area contributed by atoms with Gasteiger partial charge in [-0.15, -0.1) is 0 Å². The first kappa shape index (κ1) is 25.5. The van der Waals surface area contributed by atoms with Gasteiger partial charge in [0.15, 0.2) is 5.78 Å². The highest BCUT2D eigenvalue weighted by atomic mass is 79.9. The molecule has 1 aliphatic heterocycles. The van der Waals surface area contributed by atoms with Crippen molar-refractivity contribution in [3.05, 3.63) is 74.8 Å². The second-order valence-electron chi connectivity index (χ2n) is 8.27. The molecule has 9 nitrogen and oxygen atoms in total. The number of nitro groups is 1. The molecule has 1 saturated heterocycles. The zero-order valence-electron chi connectivity index (χ0n) is 18.0. The lowest BCUT2D eigenvalue weighted by molar-refractivity contribution is -0.384. The van der Waals surface area contributed by atoms with Gasteiger partial charge in [-0.1, -0.05) is 55.6 Å². The van der Waals surface area contributed by atoms with Crippen LogP contribution in [0, 0.1) is 22.0 Å². The average Bonchev–Trinajstić information content (AvgIpc) is 3.06. The number of rotatable bonds is 6. The summed E-state index contributed by atoms with van der Waals surface area (Å²) in [7, 11) is 0. The highest BCUT2D eigenvalue weighted by molar-refractivity contribution is 9.12. The SMILES string of the molecule is O=C(CN(C(=O)c1ccccc1Cl)N1C(=O)[C@H]2C[C@H](Br)[C@@H](Br)C[C@H]2C1=O)c1ccc([N+](=O)[O-])cc1. The number of nitrogens with zero attached hydrogens (tertiary/aromatic N) is 3. The topological polar surface area (TPSA) is 118 Å². The van der Waals surface area contributed by atoms with Gasteiger partial charge in [-0.25, -0.2) is 5.01 Å². The van der Waals surface area contributed by atoms with Gasteiger partial charge in [-0.3, -0.25) is 29.3 Å². The number of hydrogen-bond acceptors (Lipinski definition) is 6. The molecule has 0 spiro atoms. The fourth-order valence-electron chi connectivity index (χ4n) is 4.32. The summed E-state index contributed by atoms with van der Waals surface area (Å²) in [5, 5.41) is 12.6. The van der Waals surface area contributed by atoms with Gasteiger partial charge < -0.3 is 0 Å². The number of fused-ring (bicyclic) bond motifs is 1. The molecule has 0 radical (unpaired) electrons. The molecule has 2 fully saturated rings. The van der Waals surface area contributed by atoms with E-state index in [0.717, 1.165) is 10.0 Å². The van der Waals surface area contributed by atoms with E-state index in [4.69, 9.17) is 11.6 Å². The highest BCUT2D eigenvalue weighted by Gasteiger charge is 2.54. The standard InChI is InChI=1S/C23H18Br2ClN3O6/c24-17-9-15-16(10-18(17)25)23(33)28(22(15)32)27(21(31)14-3-1-2-4-19(14)26)11-20(30)12-5-7-13(8-6-12)29(34)35/h1-8,15-18H,9-11H2/t15-,16+,17-,18-/m0/s1. The lowest BCUT2D eigenvalue weighted by Gasteiger charge is -2.30. The zero-order chi connectivity index (χ0) is 25.4. The Hall–Kier alpha value is -2.63. The summed E-state index contributed by atoms with van der Waals surface area (Å²) in [6.45, 7) is -0.631. The summed E-state index contributed by atoms with van der Waals surface area (Å²) in [6.07, 6.45) is 0.790. The summed E-state index contributed by atoms with van der Waals surface area (Å²) < 4.78 is 0. The van der Waals surface area contributed by atoms with E-state index in [0.29, 0.717) is 12.8 Å². The van der Waals surface area contributed by atoms with E-state index >= 15 is 0 Å². The van der Waals surface area contributed by atoms with Crippen LogP contribution in [0.4, 0.5) is 5.69 Å². The number of ketones is 1. The molecule has 1 heterocycles. The Bertz CT molecular complexity index is 1200. The van der Waals surface area contributed by atoms with Gasteiger partial charge >= 0.3 is 0 Å². The first-order valence-corrected chi connectivity index (χ1v) is 12.8. The molecule has 2 aliphatic rings. The van der Waals surface area contributed by atoms with E-state index in [9.17, 15) is 29.3 Å².